The van der Waals surface area contributed by atoms with E-state index < -0.39 is 0 Å². The average molecular weight is 939 g/mol. The Morgan fingerprint density at radius 2 is 1.22 bits per heavy atom. The fraction of sp³-hybridized carbons (Fsp3) is 0.312. The van der Waals surface area contributed by atoms with Crippen molar-refractivity contribution < 1.29 is 0 Å². The van der Waals surface area contributed by atoms with Crippen LogP contribution in [-0.2, 0) is 10.8 Å². The molecule has 69 heavy (non-hydrogen) atoms. The Morgan fingerprint density at radius 1 is 0.594 bits per heavy atom. The molecule has 7 aromatic rings. The number of benzene rings is 6. The zero-order chi connectivity index (χ0) is 48.6. The van der Waals surface area contributed by atoms with Crippen LogP contribution in [0.3, 0.4) is 0 Å². The molecule has 0 fully saturated rings. The second kappa shape index (κ2) is 16.3. The number of nitrogens with zero attached hydrogens (tertiary/aromatic N) is 2. The fourth-order valence-corrected chi connectivity index (χ4v) is 14.1. The molecule has 0 bridgehead atoms. The highest BCUT2D eigenvalue weighted by atomic mass is 32.2. The van der Waals surface area contributed by atoms with Crippen molar-refractivity contribution in [3.05, 3.63) is 183 Å². The summed E-state index contributed by atoms with van der Waals surface area (Å²) in [6.07, 6.45) is 7.62. The second-order valence-corrected chi connectivity index (χ2v) is 26.1. The summed E-state index contributed by atoms with van der Waals surface area (Å²) in [7, 11) is 0. The van der Waals surface area contributed by atoms with Crippen LogP contribution in [0.2, 0.25) is 0 Å². The van der Waals surface area contributed by atoms with Crippen LogP contribution >= 0.6 is 23.1 Å². The summed E-state index contributed by atoms with van der Waals surface area (Å²) >= 11 is 4.03. The highest BCUT2D eigenvalue weighted by Gasteiger charge is 2.52. The van der Waals surface area contributed by atoms with E-state index >= 15 is 0 Å². The number of fused-ring (bicyclic) bond motifs is 6. The average Bonchev–Trinajstić information content (AvgIpc) is 3.90. The third-order valence-electron chi connectivity index (χ3n) is 15.3. The lowest BCUT2D eigenvalue weighted by Crippen LogP contribution is -2.55. The first-order valence-corrected chi connectivity index (χ1v) is 26.9. The number of aryl methyl sites for hydroxylation is 3. The first-order valence-electron chi connectivity index (χ1n) is 25.2. The topological polar surface area (TPSA) is 6.48 Å². The summed E-state index contributed by atoms with van der Waals surface area (Å²) in [4.78, 5) is 8.29. The third kappa shape index (κ3) is 7.60. The molecule has 2 atom stereocenters. The van der Waals surface area contributed by atoms with Gasteiger partial charge >= 0.3 is 0 Å². The largest absolute Gasteiger partial charge is 0.313 e. The predicted molar refractivity (Wildman–Crippen MR) is 305 cm³/mol. The van der Waals surface area contributed by atoms with Crippen molar-refractivity contribution in [2.24, 2.45) is 11.3 Å². The van der Waals surface area contributed by atoms with Gasteiger partial charge in [0.15, 0.2) is 0 Å². The molecule has 0 saturated heterocycles. The number of anilines is 5. The summed E-state index contributed by atoms with van der Waals surface area (Å²) in [5.41, 5.74) is 24.0. The molecule has 0 radical (unpaired) electrons. The van der Waals surface area contributed by atoms with Crippen LogP contribution in [0.4, 0.5) is 28.4 Å². The van der Waals surface area contributed by atoms with E-state index in [4.69, 9.17) is 0 Å². The highest BCUT2D eigenvalue weighted by Crippen LogP contribution is 2.58. The van der Waals surface area contributed by atoms with Gasteiger partial charge in [-0.05, 0) is 151 Å². The molecule has 4 aliphatic rings. The van der Waals surface area contributed by atoms with E-state index in [2.05, 4.69) is 252 Å². The minimum atomic E-state index is -0.0263. The van der Waals surface area contributed by atoms with Crippen LogP contribution in [0.15, 0.2) is 150 Å². The van der Waals surface area contributed by atoms with E-state index in [0.29, 0.717) is 11.2 Å². The zero-order valence-corrected chi connectivity index (χ0v) is 44.9. The molecule has 0 saturated carbocycles. The molecule has 1 aromatic heterocycles. The standard InChI is InChI=1S/C64H67BN2S2/c1-37(2)44-32-52-57-53(33-44)67(58-38(3)28-46(29-39(58)4)63(9,10)11)60-49-35-45(62(6,7)8)25-27-55(49)69-61(60)65(57)50-31-43(56-34-42-22-18-19-23-54(42)68-56)24-26-51(50)66(52)59-40(5)30-47(64(12,13)14)36-48(59)41-20-16-15-17-21-41/h15-37,49,55H,1-14H3. The van der Waals surface area contributed by atoms with Gasteiger partial charge in [0.25, 0.3) is 6.71 Å². The monoisotopic (exact) mass is 938 g/mol. The summed E-state index contributed by atoms with van der Waals surface area (Å²) < 4.78 is 1.33. The summed E-state index contributed by atoms with van der Waals surface area (Å²) in [5.74, 6) is 0.522. The van der Waals surface area contributed by atoms with Gasteiger partial charge in [-0.15, -0.1) is 23.1 Å². The van der Waals surface area contributed by atoms with Crippen molar-refractivity contribution in [2.75, 3.05) is 9.80 Å². The Labute approximate surface area is 421 Å². The van der Waals surface area contributed by atoms with Crippen LogP contribution in [0, 0.1) is 32.1 Å². The van der Waals surface area contributed by atoms with Gasteiger partial charge in [-0.3, -0.25) is 0 Å². The molecule has 3 aliphatic heterocycles. The van der Waals surface area contributed by atoms with Gasteiger partial charge in [0.1, 0.15) is 0 Å². The molecular formula is C64H67BN2S2. The molecule has 4 heterocycles. The molecule has 11 rings (SSSR count). The van der Waals surface area contributed by atoms with E-state index in [1.54, 1.807) is 0 Å². The van der Waals surface area contributed by atoms with E-state index in [0.717, 1.165) is 0 Å². The molecule has 2 nitrogen and oxygen atoms in total. The van der Waals surface area contributed by atoms with Crippen LogP contribution in [-0.4, -0.2) is 12.0 Å². The Balaban J connectivity index is 1.28. The number of thioether (sulfide) groups is 1. The first-order chi connectivity index (χ1) is 32.7. The maximum Gasteiger partial charge on any atom is 0.259 e. The zero-order valence-electron chi connectivity index (χ0n) is 43.2. The molecular weight excluding hydrogens is 872 g/mol. The SMILES string of the molecule is Cc1cc(C(C)(C)C)cc(C)c1N1C2=C(SC3C=CC(C(C)(C)C)=CC23)B2c3cc(-c4cc5ccccc5s4)ccc3N(c3c(C)cc(C(C)(C)C)cc3-c3ccccc3)c3cc(C(C)C)cc1c32. The minimum absolute atomic E-state index is 0.0263. The molecule has 0 N–H and O–H groups in total. The Kier molecular flexibility index (Phi) is 10.8. The number of hydrogen-bond acceptors (Lipinski definition) is 4. The van der Waals surface area contributed by atoms with Gasteiger partial charge in [-0.25, -0.2) is 0 Å². The maximum atomic E-state index is 2.79. The van der Waals surface area contributed by atoms with E-state index in [1.807, 2.05) is 11.3 Å². The lowest BCUT2D eigenvalue weighted by atomic mass is 9.36. The van der Waals surface area contributed by atoms with Gasteiger partial charge in [0.2, 0.25) is 0 Å². The van der Waals surface area contributed by atoms with E-state index in [-0.39, 0.29) is 28.9 Å². The first kappa shape index (κ1) is 45.9. The van der Waals surface area contributed by atoms with Crippen LogP contribution in [0.1, 0.15) is 115 Å². The molecule has 348 valence electrons. The summed E-state index contributed by atoms with van der Waals surface area (Å²) in [6, 6.07) is 45.0. The quantitative estimate of drug-likeness (QED) is 0.159. The van der Waals surface area contributed by atoms with Crippen LogP contribution in [0.25, 0.3) is 31.7 Å². The van der Waals surface area contributed by atoms with Crippen molar-refractivity contribution >= 4 is 79.3 Å². The Morgan fingerprint density at radius 3 is 1.86 bits per heavy atom. The van der Waals surface area contributed by atoms with Crippen molar-refractivity contribution in [3.63, 3.8) is 0 Å². The Bertz CT molecular complexity index is 3290. The third-order valence-corrected chi connectivity index (χ3v) is 17.9. The van der Waals surface area contributed by atoms with Crippen molar-refractivity contribution in [3.8, 4) is 21.6 Å². The van der Waals surface area contributed by atoms with Gasteiger partial charge in [-0.2, -0.15) is 0 Å². The fourth-order valence-electron chi connectivity index (χ4n) is 11.5. The summed E-state index contributed by atoms with van der Waals surface area (Å²) in [5, 5.41) is 1.60. The smallest absolute Gasteiger partial charge is 0.259 e. The number of rotatable bonds is 5. The number of allylic oxidation sites excluding steroid dienone is 3. The second-order valence-electron chi connectivity index (χ2n) is 23.8. The van der Waals surface area contributed by atoms with Crippen molar-refractivity contribution in [2.45, 2.75) is 119 Å². The summed E-state index contributed by atoms with van der Waals surface area (Å²) in [6.45, 7) is 33.1. The lowest BCUT2D eigenvalue weighted by molar-refractivity contribution is 0.507. The predicted octanol–water partition coefficient (Wildman–Crippen LogP) is 17.4. The normalized spacial score (nSPS) is 17.7. The number of thiophene rings is 1. The van der Waals surface area contributed by atoms with Crippen molar-refractivity contribution in [1.82, 2.24) is 0 Å². The lowest BCUT2D eigenvalue weighted by Gasteiger charge is -2.46. The molecule has 5 heteroatoms. The van der Waals surface area contributed by atoms with Gasteiger partial charge in [0, 0.05) is 49.1 Å². The van der Waals surface area contributed by atoms with Crippen LogP contribution in [0.5, 0.6) is 0 Å². The molecule has 2 unspecified atom stereocenters. The molecule has 1 aliphatic carbocycles. The van der Waals surface area contributed by atoms with Crippen molar-refractivity contribution in [1.29, 1.82) is 0 Å². The Hall–Kier alpha value is -5.49. The molecule has 0 spiro atoms. The van der Waals surface area contributed by atoms with Gasteiger partial charge < -0.3 is 9.80 Å². The van der Waals surface area contributed by atoms with Gasteiger partial charge in [0.05, 0.1) is 11.4 Å². The van der Waals surface area contributed by atoms with E-state index in [9.17, 15) is 0 Å². The van der Waals surface area contributed by atoms with Gasteiger partial charge in [-0.1, -0.05) is 173 Å². The number of hydrogen-bond donors (Lipinski definition) is 0. The maximum absolute atomic E-state index is 2.79. The van der Waals surface area contributed by atoms with E-state index in [1.165, 1.54) is 120 Å². The minimum Gasteiger partial charge on any atom is -0.313 e. The molecule has 0 amide bonds. The highest BCUT2D eigenvalue weighted by molar-refractivity contribution is 8.06. The molecule has 6 aromatic carbocycles. The van der Waals surface area contributed by atoms with Crippen LogP contribution < -0.4 is 20.7 Å².